The average molecular weight is 298 g/mol. The van der Waals surface area contributed by atoms with Gasteiger partial charge in [0.2, 0.25) is 0 Å². The quantitative estimate of drug-likeness (QED) is 0.896. The van der Waals surface area contributed by atoms with Crippen molar-refractivity contribution in [2.45, 2.75) is 25.1 Å². The third-order valence-electron chi connectivity index (χ3n) is 3.37. The number of aromatic nitrogens is 1. The van der Waals surface area contributed by atoms with Crippen molar-refractivity contribution in [1.29, 1.82) is 0 Å². The summed E-state index contributed by atoms with van der Waals surface area (Å²) in [7, 11) is 0. The lowest BCUT2D eigenvalue weighted by atomic mass is 10.1. The Morgan fingerprint density at radius 1 is 1.30 bits per heavy atom. The molecule has 1 fully saturated rings. The van der Waals surface area contributed by atoms with E-state index in [1.54, 1.807) is 6.07 Å². The summed E-state index contributed by atoms with van der Waals surface area (Å²) in [5, 5.41) is 6.12. The molecule has 1 aromatic carbocycles. The number of nitrogens with one attached hydrogen (secondary N) is 1. The summed E-state index contributed by atoms with van der Waals surface area (Å²) in [5.41, 5.74) is 0.494. The van der Waals surface area contributed by atoms with Crippen LogP contribution in [0.15, 0.2) is 29.6 Å². The topological polar surface area (TPSA) is 24.9 Å². The van der Waals surface area contributed by atoms with Crippen LogP contribution in [-0.4, -0.2) is 11.5 Å². The van der Waals surface area contributed by atoms with Gasteiger partial charge in [0.1, 0.15) is 5.01 Å². The Kier molecular flexibility index (Phi) is 3.52. The molecule has 0 saturated carbocycles. The molecule has 2 heterocycles. The van der Waals surface area contributed by atoms with Crippen molar-refractivity contribution in [3.05, 3.63) is 40.2 Å². The zero-order valence-electron chi connectivity index (χ0n) is 10.6. The molecule has 1 atom stereocenters. The first kappa shape index (κ1) is 13.6. The average Bonchev–Trinajstić information content (AvgIpc) is 3.09. The molecule has 0 radical (unpaired) electrons. The maximum Gasteiger partial charge on any atom is 0.416 e. The second-order valence-corrected chi connectivity index (χ2v) is 5.69. The van der Waals surface area contributed by atoms with E-state index in [1.807, 2.05) is 5.38 Å². The largest absolute Gasteiger partial charge is 0.416 e. The maximum absolute atomic E-state index is 12.7. The first-order valence-corrected chi connectivity index (χ1v) is 7.28. The first-order valence-electron chi connectivity index (χ1n) is 6.40. The summed E-state index contributed by atoms with van der Waals surface area (Å²) >= 11 is 1.50. The molecule has 0 spiro atoms. The molecule has 0 bridgehead atoms. The number of hydrogen-bond acceptors (Lipinski definition) is 3. The van der Waals surface area contributed by atoms with Crippen molar-refractivity contribution in [2.75, 3.05) is 6.54 Å². The first-order chi connectivity index (χ1) is 9.54. The third kappa shape index (κ3) is 2.71. The zero-order valence-corrected chi connectivity index (χ0v) is 11.4. The van der Waals surface area contributed by atoms with Crippen LogP contribution in [0.5, 0.6) is 0 Å². The Morgan fingerprint density at radius 2 is 2.15 bits per heavy atom. The minimum absolute atomic E-state index is 0.250. The van der Waals surface area contributed by atoms with Crippen molar-refractivity contribution < 1.29 is 13.2 Å². The summed E-state index contributed by atoms with van der Waals surface area (Å²) < 4.78 is 38.1. The highest BCUT2D eigenvalue weighted by atomic mass is 32.1. The lowest BCUT2D eigenvalue weighted by molar-refractivity contribution is -0.137. The molecule has 1 saturated heterocycles. The molecule has 1 N–H and O–H groups in total. The van der Waals surface area contributed by atoms with Crippen LogP contribution in [0.4, 0.5) is 13.2 Å². The van der Waals surface area contributed by atoms with Crippen molar-refractivity contribution in [1.82, 2.24) is 10.3 Å². The van der Waals surface area contributed by atoms with E-state index in [1.165, 1.54) is 17.4 Å². The fourth-order valence-electron chi connectivity index (χ4n) is 2.33. The molecular formula is C14H13F3N2S. The Hall–Kier alpha value is -1.40. The number of alkyl halides is 3. The lowest BCUT2D eigenvalue weighted by Crippen LogP contribution is -2.12. The molecule has 1 aliphatic heterocycles. The monoisotopic (exact) mass is 298 g/mol. The summed E-state index contributed by atoms with van der Waals surface area (Å²) in [6.07, 6.45) is -2.17. The molecule has 1 aromatic heterocycles. The Balaban J connectivity index is 1.89. The van der Waals surface area contributed by atoms with Crippen LogP contribution in [0.1, 0.15) is 29.5 Å². The van der Waals surface area contributed by atoms with E-state index in [0.29, 0.717) is 11.3 Å². The van der Waals surface area contributed by atoms with Crippen LogP contribution in [0.25, 0.3) is 11.3 Å². The van der Waals surface area contributed by atoms with E-state index in [4.69, 9.17) is 0 Å². The van der Waals surface area contributed by atoms with Crippen molar-refractivity contribution >= 4 is 11.3 Å². The summed E-state index contributed by atoms with van der Waals surface area (Å²) in [5.74, 6) is 0. The minimum atomic E-state index is -4.32. The fraction of sp³-hybridized carbons (Fsp3) is 0.357. The van der Waals surface area contributed by atoms with E-state index >= 15 is 0 Å². The Labute approximate surface area is 118 Å². The van der Waals surface area contributed by atoms with Gasteiger partial charge in [0.25, 0.3) is 0 Å². The highest BCUT2D eigenvalue weighted by molar-refractivity contribution is 7.10. The highest BCUT2D eigenvalue weighted by Gasteiger charge is 2.30. The van der Waals surface area contributed by atoms with E-state index in [-0.39, 0.29) is 6.04 Å². The predicted octanol–water partition coefficient (Wildman–Crippen LogP) is 4.25. The summed E-state index contributed by atoms with van der Waals surface area (Å²) in [6.45, 7) is 0.975. The van der Waals surface area contributed by atoms with Crippen LogP contribution < -0.4 is 5.32 Å². The predicted molar refractivity (Wildman–Crippen MR) is 72.5 cm³/mol. The van der Waals surface area contributed by atoms with Crippen LogP contribution >= 0.6 is 11.3 Å². The SMILES string of the molecule is FC(F)(F)c1cccc(-c2csc(C3CCCN3)n2)c1. The van der Waals surface area contributed by atoms with Gasteiger partial charge in [0.05, 0.1) is 17.3 Å². The van der Waals surface area contributed by atoms with E-state index in [2.05, 4.69) is 10.3 Å². The molecule has 2 aromatic rings. The van der Waals surface area contributed by atoms with Crippen LogP contribution in [0.3, 0.4) is 0 Å². The maximum atomic E-state index is 12.7. The summed E-state index contributed by atoms with van der Waals surface area (Å²) in [6, 6.07) is 5.57. The molecule has 2 nitrogen and oxygen atoms in total. The molecule has 0 aliphatic carbocycles. The minimum Gasteiger partial charge on any atom is -0.308 e. The molecule has 106 valence electrons. The molecule has 6 heteroatoms. The number of nitrogens with zero attached hydrogens (tertiary/aromatic N) is 1. The molecule has 1 aliphatic rings. The van der Waals surface area contributed by atoms with Gasteiger partial charge in [0, 0.05) is 10.9 Å². The standard InChI is InChI=1S/C14H13F3N2S/c15-14(16,17)10-4-1-3-9(7-10)12-8-20-13(19-12)11-5-2-6-18-11/h1,3-4,7-8,11,18H,2,5-6H2. The second kappa shape index (κ2) is 5.18. The number of thiazole rings is 1. The second-order valence-electron chi connectivity index (χ2n) is 4.80. The molecule has 20 heavy (non-hydrogen) atoms. The normalized spacial score (nSPS) is 19.4. The van der Waals surface area contributed by atoms with Gasteiger partial charge >= 0.3 is 6.18 Å². The van der Waals surface area contributed by atoms with Crippen molar-refractivity contribution in [2.24, 2.45) is 0 Å². The number of halogens is 3. The van der Waals surface area contributed by atoms with Crippen LogP contribution in [0.2, 0.25) is 0 Å². The molecular weight excluding hydrogens is 285 g/mol. The number of rotatable bonds is 2. The van der Waals surface area contributed by atoms with Gasteiger partial charge < -0.3 is 5.32 Å². The molecule has 0 amide bonds. The Bertz CT molecular complexity index is 600. The van der Waals surface area contributed by atoms with Gasteiger partial charge in [-0.25, -0.2) is 4.98 Å². The molecule has 1 unspecified atom stereocenters. The lowest BCUT2D eigenvalue weighted by Gasteiger charge is -2.07. The van der Waals surface area contributed by atoms with Gasteiger partial charge in [0.15, 0.2) is 0 Å². The van der Waals surface area contributed by atoms with Crippen molar-refractivity contribution in [3.8, 4) is 11.3 Å². The van der Waals surface area contributed by atoms with Gasteiger partial charge in [-0.15, -0.1) is 11.3 Å². The summed E-state index contributed by atoms with van der Waals surface area (Å²) in [4.78, 5) is 4.47. The van der Waals surface area contributed by atoms with Gasteiger partial charge in [-0.1, -0.05) is 12.1 Å². The fourth-order valence-corrected chi connectivity index (χ4v) is 3.27. The molecule has 3 rings (SSSR count). The third-order valence-corrected chi connectivity index (χ3v) is 4.32. The van der Waals surface area contributed by atoms with Gasteiger partial charge in [-0.2, -0.15) is 13.2 Å². The van der Waals surface area contributed by atoms with Crippen molar-refractivity contribution in [3.63, 3.8) is 0 Å². The van der Waals surface area contributed by atoms with Crippen LogP contribution in [-0.2, 0) is 6.18 Å². The number of benzene rings is 1. The van der Waals surface area contributed by atoms with Gasteiger partial charge in [-0.05, 0) is 31.5 Å². The van der Waals surface area contributed by atoms with E-state index in [9.17, 15) is 13.2 Å². The van der Waals surface area contributed by atoms with E-state index < -0.39 is 11.7 Å². The Morgan fingerprint density at radius 3 is 2.85 bits per heavy atom. The smallest absolute Gasteiger partial charge is 0.308 e. The number of hydrogen-bond donors (Lipinski definition) is 1. The van der Waals surface area contributed by atoms with Gasteiger partial charge in [-0.3, -0.25) is 0 Å². The van der Waals surface area contributed by atoms with E-state index in [0.717, 1.165) is 36.5 Å². The highest BCUT2D eigenvalue weighted by Crippen LogP contribution is 2.34. The van der Waals surface area contributed by atoms with Crippen LogP contribution in [0, 0.1) is 0 Å². The zero-order chi connectivity index (χ0) is 14.2.